The van der Waals surface area contributed by atoms with Crippen molar-refractivity contribution in [2.75, 3.05) is 49.8 Å². The Morgan fingerprint density at radius 1 is 1.14 bits per heavy atom. The highest BCUT2D eigenvalue weighted by Gasteiger charge is 2.15. The lowest BCUT2D eigenvalue weighted by molar-refractivity contribution is -0.111. The average molecular weight is 496 g/mol. The normalized spacial score (nSPS) is 10.9. The average Bonchev–Trinajstić information content (AvgIpc) is 3.21. The van der Waals surface area contributed by atoms with Gasteiger partial charge in [0.15, 0.2) is 0 Å². The number of aromatic nitrogens is 3. The van der Waals surface area contributed by atoms with Gasteiger partial charge in [0.1, 0.15) is 0 Å². The van der Waals surface area contributed by atoms with Gasteiger partial charge >= 0.3 is 0 Å². The van der Waals surface area contributed by atoms with E-state index in [0.29, 0.717) is 11.6 Å². The second-order valence-electron chi connectivity index (χ2n) is 9.31. The minimum absolute atomic E-state index is 0.290. The van der Waals surface area contributed by atoms with Gasteiger partial charge in [-0.05, 0) is 50.8 Å². The molecule has 0 aliphatic carbocycles. The van der Waals surface area contributed by atoms with E-state index in [1.54, 1.807) is 6.20 Å². The molecule has 190 valence electrons. The highest BCUT2D eigenvalue weighted by molar-refractivity contribution is 6.02. The highest BCUT2D eigenvalue weighted by Crippen LogP contribution is 2.34. The van der Waals surface area contributed by atoms with Crippen molar-refractivity contribution in [1.82, 2.24) is 19.4 Å². The smallest absolute Gasteiger partial charge is 0.256 e. The van der Waals surface area contributed by atoms with E-state index in [0.717, 1.165) is 52.2 Å². The predicted molar refractivity (Wildman–Crippen MR) is 153 cm³/mol. The van der Waals surface area contributed by atoms with Gasteiger partial charge in [0.05, 0.1) is 17.1 Å². The summed E-state index contributed by atoms with van der Waals surface area (Å²) in [5, 5.41) is 7.45. The van der Waals surface area contributed by atoms with Crippen LogP contribution in [-0.4, -0.2) is 59.6 Å². The van der Waals surface area contributed by atoms with Gasteiger partial charge in [-0.15, -0.1) is 5.73 Å². The lowest BCUT2D eigenvalue weighted by Gasteiger charge is -2.25. The third kappa shape index (κ3) is 5.89. The van der Waals surface area contributed by atoms with Gasteiger partial charge in [0.25, 0.3) is 5.91 Å². The Kier molecular flexibility index (Phi) is 7.72. The second-order valence-corrected chi connectivity index (χ2v) is 9.31. The maximum Gasteiger partial charge on any atom is 0.256 e. The molecule has 0 unspecified atom stereocenters. The van der Waals surface area contributed by atoms with Gasteiger partial charge in [-0.2, -0.15) is 0 Å². The van der Waals surface area contributed by atoms with E-state index in [9.17, 15) is 4.79 Å². The lowest BCUT2D eigenvalue weighted by atomic mass is 10.1. The van der Waals surface area contributed by atoms with Crippen LogP contribution in [0.4, 0.5) is 23.0 Å². The number of carbonyl (C=O) groups is 1. The molecule has 2 heterocycles. The summed E-state index contributed by atoms with van der Waals surface area (Å²) in [4.78, 5) is 25.9. The Labute approximate surface area is 218 Å². The zero-order chi connectivity index (χ0) is 26.5. The molecule has 4 rings (SSSR count). The molecule has 0 bridgehead atoms. The maximum absolute atomic E-state index is 12.4. The van der Waals surface area contributed by atoms with Crippen LogP contribution in [0, 0.1) is 6.92 Å². The second kappa shape index (κ2) is 11.1. The number of fused-ring (bicyclic) bond motifs is 1. The minimum Gasteiger partial charge on any atom is -0.372 e. The quantitative estimate of drug-likeness (QED) is 0.252. The Balaban J connectivity index is 1.68. The summed E-state index contributed by atoms with van der Waals surface area (Å²) in [6, 6.07) is 14.1. The van der Waals surface area contributed by atoms with E-state index >= 15 is 0 Å². The van der Waals surface area contributed by atoms with Crippen LogP contribution in [0.1, 0.15) is 5.56 Å². The largest absolute Gasteiger partial charge is 0.372 e. The molecule has 0 spiro atoms. The number of hydrogen-bond acceptors (Lipinski definition) is 6. The topological polar surface area (TPSA) is 78.3 Å². The Hall–Kier alpha value is -4.39. The molecular weight excluding hydrogens is 462 g/mol. The molecule has 2 aromatic carbocycles. The molecule has 0 aliphatic heterocycles. The van der Waals surface area contributed by atoms with Crippen molar-refractivity contribution in [2.24, 2.45) is 7.05 Å². The Bertz CT molecular complexity index is 1480. The van der Waals surface area contributed by atoms with Crippen molar-refractivity contribution < 1.29 is 4.79 Å². The summed E-state index contributed by atoms with van der Waals surface area (Å²) in [6.07, 6.45) is 5.12. The fourth-order valence-corrected chi connectivity index (χ4v) is 4.21. The van der Waals surface area contributed by atoms with E-state index in [2.05, 4.69) is 66.7 Å². The molecule has 0 fully saturated rings. The SMILES string of the molecule is C=C=CC(=O)Nc1cc(Nc2nccc(-c3cn(C)c4ccccc34)n2)c(C)cc1N(C)CCN(C)C. The molecule has 2 N–H and O–H groups in total. The van der Waals surface area contributed by atoms with Crippen molar-refractivity contribution in [1.29, 1.82) is 0 Å². The van der Waals surface area contributed by atoms with Crippen molar-refractivity contribution in [3.63, 3.8) is 0 Å². The monoisotopic (exact) mass is 495 g/mol. The summed E-state index contributed by atoms with van der Waals surface area (Å²) in [7, 11) is 8.12. The van der Waals surface area contributed by atoms with Crippen molar-refractivity contribution in [2.45, 2.75) is 6.92 Å². The predicted octanol–water partition coefficient (Wildman–Crippen LogP) is 4.96. The van der Waals surface area contributed by atoms with Gasteiger partial charge in [0, 0.05) is 67.8 Å². The first-order valence-corrected chi connectivity index (χ1v) is 12.1. The molecular formula is C29H33N7O. The number of carbonyl (C=O) groups excluding carboxylic acids is 1. The maximum atomic E-state index is 12.4. The van der Waals surface area contributed by atoms with Gasteiger partial charge in [-0.1, -0.05) is 24.8 Å². The third-order valence-corrected chi connectivity index (χ3v) is 6.20. The van der Waals surface area contributed by atoms with E-state index in [-0.39, 0.29) is 5.91 Å². The molecule has 2 aromatic heterocycles. The number of nitrogens with one attached hydrogen (secondary N) is 2. The fraction of sp³-hybridized carbons (Fsp3) is 0.241. The molecule has 0 radical (unpaired) electrons. The zero-order valence-corrected chi connectivity index (χ0v) is 22.0. The van der Waals surface area contributed by atoms with Crippen LogP contribution in [0.25, 0.3) is 22.2 Å². The van der Waals surface area contributed by atoms with Gasteiger partial charge in [-0.3, -0.25) is 4.79 Å². The molecule has 4 aromatic rings. The number of benzene rings is 2. The number of nitrogens with zero attached hydrogens (tertiary/aromatic N) is 5. The van der Waals surface area contributed by atoms with Crippen LogP contribution in [0.5, 0.6) is 0 Å². The number of para-hydroxylation sites is 1. The summed E-state index contributed by atoms with van der Waals surface area (Å²) >= 11 is 0. The number of aryl methyl sites for hydroxylation is 2. The lowest BCUT2D eigenvalue weighted by Crippen LogP contribution is -2.29. The van der Waals surface area contributed by atoms with E-state index < -0.39 is 0 Å². The van der Waals surface area contributed by atoms with Crippen molar-refractivity contribution in [3.8, 4) is 11.3 Å². The van der Waals surface area contributed by atoms with Gasteiger partial charge < -0.3 is 25.0 Å². The van der Waals surface area contributed by atoms with Crippen LogP contribution >= 0.6 is 0 Å². The molecule has 37 heavy (non-hydrogen) atoms. The minimum atomic E-state index is -0.290. The van der Waals surface area contributed by atoms with E-state index in [4.69, 9.17) is 4.98 Å². The number of amides is 1. The van der Waals surface area contributed by atoms with Gasteiger partial charge in [-0.25, -0.2) is 9.97 Å². The number of likely N-dealkylation sites (N-methyl/N-ethyl adjacent to an activating group) is 2. The molecule has 0 saturated heterocycles. The number of anilines is 4. The number of rotatable bonds is 9. The van der Waals surface area contributed by atoms with Crippen LogP contribution in [-0.2, 0) is 11.8 Å². The number of hydrogen-bond donors (Lipinski definition) is 2. The first-order chi connectivity index (χ1) is 17.8. The Morgan fingerprint density at radius 2 is 1.92 bits per heavy atom. The van der Waals surface area contributed by atoms with Crippen LogP contribution in [0.2, 0.25) is 0 Å². The fourth-order valence-electron chi connectivity index (χ4n) is 4.21. The summed E-state index contributed by atoms with van der Waals surface area (Å²) in [6.45, 7) is 7.21. The van der Waals surface area contributed by atoms with Crippen LogP contribution < -0.4 is 15.5 Å². The molecule has 0 saturated carbocycles. The van der Waals surface area contributed by atoms with Crippen molar-refractivity contribution >= 4 is 39.8 Å². The first-order valence-electron chi connectivity index (χ1n) is 12.1. The Morgan fingerprint density at radius 3 is 2.68 bits per heavy atom. The summed E-state index contributed by atoms with van der Waals surface area (Å²) < 4.78 is 2.10. The van der Waals surface area contributed by atoms with Gasteiger partial charge in [0.2, 0.25) is 5.95 Å². The van der Waals surface area contributed by atoms with E-state index in [1.807, 2.05) is 59.4 Å². The van der Waals surface area contributed by atoms with Crippen molar-refractivity contribution in [3.05, 3.63) is 78.8 Å². The molecule has 1 amide bonds. The van der Waals surface area contributed by atoms with E-state index in [1.165, 1.54) is 6.08 Å². The molecule has 8 heteroatoms. The zero-order valence-electron chi connectivity index (χ0n) is 22.0. The summed E-state index contributed by atoms with van der Waals surface area (Å²) in [5.41, 5.74) is 8.95. The molecule has 0 aliphatic rings. The van der Waals surface area contributed by atoms with Crippen LogP contribution in [0.15, 0.2) is 73.2 Å². The molecule has 0 atom stereocenters. The summed E-state index contributed by atoms with van der Waals surface area (Å²) in [5.74, 6) is 0.187. The molecule has 8 nitrogen and oxygen atoms in total. The third-order valence-electron chi connectivity index (χ3n) is 6.20. The van der Waals surface area contributed by atoms with Crippen LogP contribution in [0.3, 0.4) is 0 Å². The highest BCUT2D eigenvalue weighted by atomic mass is 16.1. The first kappa shape index (κ1) is 25.7. The standard InChI is InChI=1S/C29H33N7O/c1-7-10-28(37)31-25-18-24(20(2)17-27(25)35(5)16-15-34(3)4)33-29-30-14-13-23(32-29)22-19-36(6)26-12-9-8-11-21(22)26/h8-14,17-19H,1,15-16H2,2-6H3,(H,31,37)(H,30,32,33).